The third-order valence-corrected chi connectivity index (χ3v) is 4.98. The summed E-state index contributed by atoms with van der Waals surface area (Å²) in [5.74, 6) is -0.176. The van der Waals surface area contributed by atoms with Crippen LogP contribution in [0.15, 0.2) is 11.6 Å². The molecule has 2 aliphatic rings. The molecule has 1 aromatic heterocycles. The Hall–Kier alpha value is -1.51. The molecule has 0 radical (unpaired) electrons. The summed E-state index contributed by atoms with van der Waals surface area (Å²) in [6.45, 7) is 2.94. The fourth-order valence-corrected chi connectivity index (χ4v) is 3.59. The van der Waals surface area contributed by atoms with Crippen molar-refractivity contribution in [1.29, 1.82) is 0 Å². The van der Waals surface area contributed by atoms with Crippen LogP contribution in [0.5, 0.6) is 0 Å². The van der Waals surface area contributed by atoms with Crippen LogP contribution in [0.25, 0.3) is 0 Å². The molecule has 0 bridgehead atoms. The van der Waals surface area contributed by atoms with Gasteiger partial charge in [-0.25, -0.2) is 4.98 Å². The normalized spacial score (nSPS) is 26.3. The number of carbonyl (C=O) groups excluding carboxylic acids is 2. The van der Waals surface area contributed by atoms with Crippen LogP contribution in [0, 0.1) is 0 Å². The van der Waals surface area contributed by atoms with Crippen LogP contribution in [0.4, 0.5) is 0 Å². The number of carbonyl (C=O) groups is 2. The first-order valence-electron chi connectivity index (χ1n) is 8.03. The molecule has 2 aliphatic heterocycles. The van der Waals surface area contributed by atoms with Crippen molar-refractivity contribution in [2.45, 2.75) is 31.4 Å². The van der Waals surface area contributed by atoms with Gasteiger partial charge in [0.05, 0.1) is 13.2 Å². The molecule has 2 amide bonds. The van der Waals surface area contributed by atoms with Crippen molar-refractivity contribution in [3.8, 4) is 0 Å². The van der Waals surface area contributed by atoms with E-state index in [0.29, 0.717) is 32.7 Å². The van der Waals surface area contributed by atoms with Crippen molar-refractivity contribution in [3.05, 3.63) is 16.6 Å². The summed E-state index contributed by atoms with van der Waals surface area (Å²) in [7, 11) is 0. The standard InChI is InChI=1S/C15H22N4O3S/c20-13(18-11-3-1-2-4-16-14(11)21)10-19-6-7-22-12(9-19)15-17-5-8-23-15/h5,8,11-12H,1-4,6-7,9-10H2,(H,16,21)(H,18,20). The minimum Gasteiger partial charge on any atom is -0.368 e. The van der Waals surface area contributed by atoms with Crippen LogP contribution in [0.1, 0.15) is 30.4 Å². The fraction of sp³-hybridized carbons (Fsp3) is 0.667. The number of aromatic nitrogens is 1. The average molecular weight is 338 g/mol. The summed E-state index contributed by atoms with van der Waals surface area (Å²) in [4.78, 5) is 30.5. The van der Waals surface area contributed by atoms with Gasteiger partial charge in [0.15, 0.2) is 0 Å². The first kappa shape index (κ1) is 16.4. The summed E-state index contributed by atoms with van der Waals surface area (Å²) in [6, 6.07) is -0.402. The smallest absolute Gasteiger partial charge is 0.242 e. The number of nitrogens with one attached hydrogen (secondary N) is 2. The van der Waals surface area contributed by atoms with E-state index in [0.717, 1.165) is 17.8 Å². The SMILES string of the molecule is O=C(CN1CCOC(c2nccs2)C1)NC1CCCCNC1=O. The minimum atomic E-state index is -0.402. The van der Waals surface area contributed by atoms with Crippen LogP contribution in [-0.4, -0.2) is 60.5 Å². The molecule has 8 heteroatoms. The van der Waals surface area contributed by atoms with Crippen molar-refractivity contribution in [2.24, 2.45) is 0 Å². The molecule has 2 atom stereocenters. The van der Waals surface area contributed by atoms with Crippen molar-refractivity contribution < 1.29 is 14.3 Å². The number of rotatable bonds is 4. The van der Waals surface area contributed by atoms with Gasteiger partial charge in [-0.2, -0.15) is 0 Å². The van der Waals surface area contributed by atoms with E-state index in [1.54, 1.807) is 17.5 Å². The number of hydrogen-bond acceptors (Lipinski definition) is 6. The summed E-state index contributed by atoms with van der Waals surface area (Å²) in [5.41, 5.74) is 0. The highest BCUT2D eigenvalue weighted by Gasteiger charge is 2.27. The van der Waals surface area contributed by atoms with Gasteiger partial charge >= 0.3 is 0 Å². The van der Waals surface area contributed by atoms with E-state index < -0.39 is 6.04 Å². The molecule has 126 valence electrons. The van der Waals surface area contributed by atoms with Crippen molar-refractivity contribution in [1.82, 2.24) is 20.5 Å². The summed E-state index contributed by atoms with van der Waals surface area (Å²) in [5, 5.41) is 8.56. The second kappa shape index (κ2) is 7.85. The Labute approximate surface area is 139 Å². The second-order valence-electron chi connectivity index (χ2n) is 5.87. The highest BCUT2D eigenvalue weighted by atomic mass is 32.1. The molecular weight excluding hydrogens is 316 g/mol. The molecule has 2 saturated heterocycles. The molecule has 2 N–H and O–H groups in total. The molecule has 1 aromatic rings. The number of ether oxygens (including phenoxy) is 1. The first-order chi connectivity index (χ1) is 11.2. The zero-order valence-corrected chi connectivity index (χ0v) is 13.8. The van der Waals surface area contributed by atoms with E-state index >= 15 is 0 Å². The molecule has 23 heavy (non-hydrogen) atoms. The van der Waals surface area contributed by atoms with E-state index in [1.807, 2.05) is 5.38 Å². The van der Waals surface area contributed by atoms with Gasteiger partial charge in [0.1, 0.15) is 17.2 Å². The maximum absolute atomic E-state index is 12.2. The quantitative estimate of drug-likeness (QED) is 0.825. The molecule has 0 aliphatic carbocycles. The van der Waals surface area contributed by atoms with Gasteiger partial charge in [-0.05, 0) is 19.3 Å². The summed E-state index contributed by atoms with van der Waals surface area (Å²) in [6.07, 6.45) is 4.32. The molecule has 2 fully saturated rings. The zero-order valence-electron chi connectivity index (χ0n) is 13.0. The summed E-state index contributed by atoms with van der Waals surface area (Å²) >= 11 is 1.57. The van der Waals surface area contributed by atoms with Crippen LogP contribution in [0.3, 0.4) is 0 Å². The fourth-order valence-electron chi connectivity index (χ4n) is 2.91. The average Bonchev–Trinajstić information content (AvgIpc) is 3.01. The van der Waals surface area contributed by atoms with Crippen molar-refractivity contribution in [3.63, 3.8) is 0 Å². The Morgan fingerprint density at radius 3 is 3.26 bits per heavy atom. The second-order valence-corrected chi connectivity index (χ2v) is 6.80. The van der Waals surface area contributed by atoms with Gasteiger partial charge in [0.25, 0.3) is 0 Å². The van der Waals surface area contributed by atoms with E-state index in [1.165, 1.54) is 0 Å². The lowest BCUT2D eigenvalue weighted by Gasteiger charge is -2.31. The maximum atomic E-state index is 12.2. The lowest BCUT2D eigenvalue weighted by molar-refractivity contribution is -0.130. The topological polar surface area (TPSA) is 83.6 Å². The highest BCUT2D eigenvalue weighted by Crippen LogP contribution is 2.23. The van der Waals surface area contributed by atoms with Crippen LogP contribution in [-0.2, 0) is 14.3 Å². The predicted octanol–water partition coefficient (Wildman–Crippen LogP) is 0.301. The van der Waals surface area contributed by atoms with Crippen molar-refractivity contribution >= 4 is 23.2 Å². The molecule has 0 saturated carbocycles. The lowest BCUT2D eigenvalue weighted by atomic mass is 10.1. The Morgan fingerprint density at radius 2 is 2.43 bits per heavy atom. The number of nitrogens with zero attached hydrogens (tertiary/aromatic N) is 2. The van der Waals surface area contributed by atoms with Gasteiger partial charge in [0.2, 0.25) is 11.8 Å². The predicted molar refractivity (Wildman–Crippen MR) is 86.0 cm³/mol. The molecule has 3 heterocycles. The number of morpholine rings is 1. The van der Waals surface area contributed by atoms with E-state index in [-0.39, 0.29) is 24.5 Å². The number of amides is 2. The van der Waals surface area contributed by atoms with Gasteiger partial charge in [-0.3, -0.25) is 14.5 Å². The monoisotopic (exact) mass is 338 g/mol. The number of hydrogen-bond donors (Lipinski definition) is 2. The van der Waals surface area contributed by atoms with Crippen LogP contribution < -0.4 is 10.6 Å². The molecular formula is C15H22N4O3S. The molecule has 0 spiro atoms. The van der Waals surface area contributed by atoms with Crippen molar-refractivity contribution in [2.75, 3.05) is 32.8 Å². The highest BCUT2D eigenvalue weighted by molar-refractivity contribution is 7.09. The Bertz CT molecular complexity index is 537. The summed E-state index contributed by atoms with van der Waals surface area (Å²) < 4.78 is 5.73. The Balaban J connectivity index is 1.50. The van der Waals surface area contributed by atoms with Crippen LogP contribution in [0.2, 0.25) is 0 Å². The molecule has 3 rings (SSSR count). The third-order valence-electron chi connectivity index (χ3n) is 4.12. The van der Waals surface area contributed by atoms with Gasteiger partial charge < -0.3 is 15.4 Å². The molecule has 2 unspecified atom stereocenters. The first-order valence-corrected chi connectivity index (χ1v) is 8.91. The Kier molecular flexibility index (Phi) is 5.58. The number of thiazole rings is 1. The third kappa shape index (κ3) is 4.49. The van der Waals surface area contributed by atoms with Gasteiger partial charge in [0, 0.05) is 31.2 Å². The molecule has 0 aromatic carbocycles. The minimum absolute atomic E-state index is 0.0708. The Morgan fingerprint density at radius 1 is 1.52 bits per heavy atom. The van der Waals surface area contributed by atoms with E-state index in [2.05, 4.69) is 20.5 Å². The van der Waals surface area contributed by atoms with Gasteiger partial charge in [-0.1, -0.05) is 0 Å². The maximum Gasteiger partial charge on any atom is 0.242 e. The lowest BCUT2D eigenvalue weighted by Crippen LogP contribution is -2.50. The van der Waals surface area contributed by atoms with Crippen LogP contribution >= 0.6 is 11.3 Å². The molecule has 7 nitrogen and oxygen atoms in total. The van der Waals surface area contributed by atoms with Gasteiger partial charge in [-0.15, -0.1) is 11.3 Å². The van der Waals surface area contributed by atoms with E-state index in [4.69, 9.17) is 4.74 Å². The largest absolute Gasteiger partial charge is 0.368 e. The van der Waals surface area contributed by atoms with E-state index in [9.17, 15) is 9.59 Å². The zero-order chi connectivity index (χ0) is 16.1.